The minimum atomic E-state index is -0.515. The molecule has 4 rings (SSSR count). The van der Waals surface area contributed by atoms with Gasteiger partial charge in [-0.05, 0) is 60.4 Å². The predicted molar refractivity (Wildman–Crippen MR) is 148 cm³/mol. The third kappa shape index (κ3) is 5.83. The quantitative estimate of drug-likeness (QED) is 0.307. The van der Waals surface area contributed by atoms with Crippen LogP contribution in [0.5, 0.6) is 11.5 Å². The fraction of sp³-hybridized carbons (Fsp3) is 0.379. The Bertz CT molecular complexity index is 1240. The molecule has 0 radical (unpaired) electrons. The van der Waals surface area contributed by atoms with Crippen molar-refractivity contribution in [1.29, 1.82) is 0 Å². The molecule has 37 heavy (non-hydrogen) atoms. The molecular formula is C29H32ClNO5S. The van der Waals surface area contributed by atoms with Gasteiger partial charge < -0.3 is 19.5 Å². The van der Waals surface area contributed by atoms with Crippen molar-refractivity contribution in [3.8, 4) is 11.5 Å². The summed E-state index contributed by atoms with van der Waals surface area (Å²) in [5.41, 5.74) is 4.48. The van der Waals surface area contributed by atoms with E-state index in [1.54, 1.807) is 38.1 Å². The van der Waals surface area contributed by atoms with E-state index < -0.39 is 11.9 Å². The Morgan fingerprint density at radius 2 is 1.76 bits per heavy atom. The van der Waals surface area contributed by atoms with Crippen LogP contribution in [-0.4, -0.2) is 44.1 Å². The van der Waals surface area contributed by atoms with Crippen molar-refractivity contribution in [2.45, 2.75) is 38.5 Å². The molecule has 1 N–H and O–H groups in total. The lowest BCUT2D eigenvalue weighted by molar-refractivity contribution is -0.138. The molecule has 2 aromatic carbocycles. The lowest BCUT2D eigenvalue weighted by Gasteiger charge is -2.36. The molecule has 0 saturated carbocycles. The van der Waals surface area contributed by atoms with Crippen LogP contribution < -0.4 is 14.8 Å². The average Bonchev–Trinajstić information content (AvgIpc) is 2.90. The standard InChI is InChI=1S/C29H32ClNO5S/c1-5-37-13-12-36-29(33)26-17(2)31-22-14-20(19-8-11-24(34-3)25(16-19)35-4)15-23(32)28(22)27(26)18-6-9-21(30)10-7-18/h6-11,16,20,27,31H,5,12-15H2,1-4H3. The summed E-state index contributed by atoms with van der Waals surface area (Å²) in [6.45, 7) is 4.26. The van der Waals surface area contributed by atoms with E-state index in [4.69, 9.17) is 25.8 Å². The van der Waals surface area contributed by atoms with Gasteiger partial charge in [0.15, 0.2) is 17.3 Å². The normalized spacial score (nSPS) is 19.3. The van der Waals surface area contributed by atoms with Crippen LogP contribution in [0.25, 0.3) is 0 Å². The van der Waals surface area contributed by atoms with Crippen LogP contribution in [0.2, 0.25) is 5.02 Å². The molecular weight excluding hydrogens is 510 g/mol. The number of hydrogen-bond acceptors (Lipinski definition) is 7. The first kappa shape index (κ1) is 27.1. The Morgan fingerprint density at radius 3 is 2.43 bits per heavy atom. The zero-order valence-corrected chi connectivity index (χ0v) is 23.1. The largest absolute Gasteiger partial charge is 0.493 e. The summed E-state index contributed by atoms with van der Waals surface area (Å²) in [4.78, 5) is 27.1. The molecule has 0 fully saturated rings. The first-order valence-corrected chi connectivity index (χ1v) is 13.9. The fourth-order valence-corrected chi connectivity index (χ4v) is 5.67. The van der Waals surface area contributed by atoms with Crippen molar-refractivity contribution < 1.29 is 23.8 Å². The van der Waals surface area contributed by atoms with Gasteiger partial charge in [-0.15, -0.1) is 0 Å². The van der Waals surface area contributed by atoms with E-state index in [2.05, 4.69) is 12.2 Å². The molecule has 196 valence electrons. The molecule has 6 nitrogen and oxygen atoms in total. The molecule has 0 amide bonds. The van der Waals surface area contributed by atoms with Crippen molar-refractivity contribution in [2.24, 2.45) is 0 Å². The van der Waals surface area contributed by atoms with Gasteiger partial charge in [-0.1, -0.05) is 36.7 Å². The second kappa shape index (κ2) is 12.1. The molecule has 2 unspecified atom stereocenters. The molecule has 2 aliphatic rings. The number of halogens is 1. The van der Waals surface area contributed by atoms with E-state index in [1.165, 1.54) is 0 Å². The highest BCUT2D eigenvalue weighted by atomic mass is 35.5. The Morgan fingerprint density at radius 1 is 1.05 bits per heavy atom. The number of ether oxygens (including phenoxy) is 3. The predicted octanol–water partition coefficient (Wildman–Crippen LogP) is 6.02. The van der Waals surface area contributed by atoms with Crippen LogP contribution in [0.1, 0.15) is 49.7 Å². The summed E-state index contributed by atoms with van der Waals surface area (Å²) < 4.78 is 16.5. The maximum Gasteiger partial charge on any atom is 0.336 e. The topological polar surface area (TPSA) is 73.9 Å². The zero-order chi connectivity index (χ0) is 26.5. The zero-order valence-electron chi connectivity index (χ0n) is 21.6. The number of methoxy groups -OCH3 is 2. The number of dihydropyridines is 1. The summed E-state index contributed by atoms with van der Waals surface area (Å²) in [5, 5.41) is 3.99. The smallest absolute Gasteiger partial charge is 0.336 e. The molecule has 2 atom stereocenters. The summed E-state index contributed by atoms with van der Waals surface area (Å²) in [6.07, 6.45) is 0.960. The molecule has 8 heteroatoms. The molecule has 1 aliphatic carbocycles. The first-order valence-electron chi connectivity index (χ1n) is 12.3. The summed E-state index contributed by atoms with van der Waals surface area (Å²) in [7, 11) is 3.20. The maximum absolute atomic E-state index is 13.8. The van der Waals surface area contributed by atoms with Gasteiger partial charge in [-0.25, -0.2) is 4.79 Å². The Labute approximate surface area is 227 Å². The summed E-state index contributed by atoms with van der Waals surface area (Å²) in [5.74, 6) is 2.02. The van der Waals surface area contributed by atoms with Gasteiger partial charge in [0.05, 0.1) is 19.8 Å². The number of nitrogens with one attached hydrogen (secondary N) is 1. The summed E-state index contributed by atoms with van der Waals surface area (Å²) in [6, 6.07) is 13.1. The number of allylic oxidation sites excluding steroid dienone is 3. The molecule has 2 aromatic rings. The molecule has 0 spiro atoms. The third-order valence-electron chi connectivity index (χ3n) is 6.79. The number of Topliss-reactive ketones (excluding diaryl/α,β-unsaturated/α-hetero) is 1. The number of esters is 1. The lowest BCUT2D eigenvalue weighted by Crippen LogP contribution is -2.36. The number of carbonyl (C=O) groups is 2. The Hall–Kier alpha value is -2.90. The van der Waals surface area contributed by atoms with Crippen LogP contribution >= 0.6 is 23.4 Å². The number of benzene rings is 2. The van der Waals surface area contributed by atoms with Crippen molar-refractivity contribution in [2.75, 3.05) is 32.3 Å². The number of hydrogen-bond donors (Lipinski definition) is 1. The molecule has 0 saturated heterocycles. The highest BCUT2D eigenvalue weighted by Crippen LogP contribution is 2.46. The minimum Gasteiger partial charge on any atom is -0.493 e. The van der Waals surface area contributed by atoms with Gasteiger partial charge in [0.2, 0.25) is 0 Å². The van der Waals surface area contributed by atoms with E-state index in [0.717, 1.165) is 28.3 Å². The average molecular weight is 542 g/mol. The number of rotatable bonds is 9. The van der Waals surface area contributed by atoms with Gasteiger partial charge in [0, 0.05) is 40.1 Å². The van der Waals surface area contributed by atoms with Crippen LogP contribution in [0.4, 0.5) is 0 Å². The highest BCUT2D eigenvalue weighted by molar-refractivity contribution is 7.99. The molecule has 1 aliphatic heterocycles. The fourth-order valence-electron chi connectivity index (χ4n) is 5.06. The van der Waals surface area contributed by atoms with E-state index in [-0.39, 0.29) is 11.7 Å². The maximum atomic E-state index is 13.8. The van der Waals surface area contributed by atoms with Crippen LogP contribution in [0, 0.1) is 0 Å². The second-order valence-corrected chi connectivity index (χ2v) is 10.8. The van der Waals surface area contributed by atoms with Gasteiger partial charge >= 0.3 is 5.97 Å². The number of carbonyl (C=O) groups excluding carboxylic acids is 2. The van der Waals surface area contributed by atoms with Crippen LogP contribution in [-0.2, 0) is 14.3 Å². The SMILES string of the molecule is CCSCCOC(=O)C1=C(C)NC2=C(C(=O)CC(c3ccc(OC)c(OC)c3)C2)C1c1ccc(Cl)cc1. The first-order chi connectivity index (χ1) is 17.9. The van der Waals surface area contributed by atoms with Crippen LogP contribution in [0.15, 0.2) is 65.0 Å². The van der Waals surface area contributed by atoms with E-state index in [0.29, 0.717) is 52.8 Å². The van der Waals surface area contributed by atoms with Gasteiger partial charge in [-0.2, -0.15) is 11.8 Å². The molecule has 0 aromatic heterocycles. The van der Waals surface area contributed by atoms with E-state index in [1.807, 2.05) is 37.3 Å². The molecule has 0 bridgehead atoms. The van der Waals surface area contributed by atoms with Crippen molar-refractivity contribution in [1.82, 2.24) is 5.32 Å². The number of ketones is 1. The highest BCUT2D eigenvalue weighted by Gasteiger charge is 2.41. The van der Waals surface area contributed by atoms with Gasteiger partial charge in [0.1, 0.15) is 6.61 Å². The van der Waals surface area contributed by atoms with Crippen molar-refractivity contribution >= 4 is 35.1 Å². The van der Waals surface area contributed by atoms with Gasteiger partial charge in [0.25, 0.3) is 0 Å². The van der Waals surface area contributed by atoms with Crippen molar-refractivity contribution in [3.63, 3.8) is 0 Å². The van der Waals surface area contributed by atoms with Crippen molar-refractivity contribution in [3.05, 3.63) is 81.2 Å². The minimum absolute atomic E-state index is 0.00724. The summed E-state index contributed by atoms with van der Waals surface area (Å²) >= 11 is 7.87. The number of thioether (sulfide) groups is 1. The van der Waals surface area contributed by atoms with Crippen LogP contribution in [0.3, 0.4) is 0 Å². The lowest BCUT2D eigenvalue weighted by atomic mass is 9.71. The van der Waals surface area contributed by atoms with E-state index >= 15 is 0 Å². The van der Waals surface area contributed by atoms with E-state index in [9.17, 15) is 9.59 Å². The Kier molecular flexibility index (Phi) is 8.87. The Balaban J connectivity index is 1.70. The van der Waals surface area contributed by atoms with Gasteiger partial charge in [-0.3, -0.25) is 4.79 Å². The third-order valence-corrected chi connectivity index (χ3v) is 7.91. The monoisotopic (exact) mass is 541 g/mol. The second-order valence-electron chi connectivity index (χ2n) is 9.02. The molecule has 1 heterocycles.